The summed E-state index contributed by atoms with van der Waals surface area (Å²) in [7, 11) is 0. The van der Waals surface area contributed by atoms with Crippen molar-refractivity contribution >= 4 is 17.5 Å². The number of carbonyl (C=O) groups excluding carboxylic acids is 2. The second kappa shape index (κ2) is 8.29. The number of nitrogens with one attached hydrogen (secondary N) is 1. The van der Waals surface area contributed by atoms with E-state index in [0.29, 0.717) is 42.5 Å². The molecule has 132 valence electrons. The van der Waals surface area contributed by atoms with Crippen LogP contribution in [-0.4, -0.2) is 36.3 Å². The van der Waals surface area contributed by atoms with E-state index in [1.165, 1.54) is 6.42 Å². The van der Waals surface area contributed by atoms with Gasteiger partial charge in [-0.1, -0.05) is 19.9 Å². The predicted octanol–water partition coefficient (Wildman–Crippen LogP) is 2.79. The van der Waals surface area contributed by atoms with E-state index in [1.54, 1.807) is 6.07 Å². The quantitative estimate of drug-likeness (QED) is 0.871. The number of aryl methyl sites for hydroxylation is 1. The van der Waals surface area contributed by atoms with Crippen molar-refractivity contribution in [1.29, 1.82) is 0 Å². The molecule has 5 heteroatoms. The van der Waals surface area contributed by atoms with Crippen molar-refractivity contribution < 1.29 is 9.59 Å². The molecule has 1 aromatic carbocycles. The Balaban J connectivity index is 2.11. The minimum atomic E-state index is -0.0617. The summed E-state index contributed by atoms with van der Waals surface area (Å²) in [5, 5.41) is 2.90. The van der Waals surface area contributed by atoms with Crippen LogP contribution in [0.25, 0.3) is 0 Å². The summed E-state index contributed by atoms with van der Waals surface area (Å²) in [6, 6.07) is 5.53. The Morgan fingerprint density at radius 1 is 1.25 bits per heavy atom. The zero-order chi connectivity index (χ0) is 17.7. The lowest BCUT2D eigenvalue weighted by Crippen LogP contribution is -2.42. The minimum Gasteiger partial charge on any atom is -0.338 e. The fourth-order valence-electron chi connectivity index (χ4n) is 3.38. The van der Waals surface area contributed by atoms with Crippen molar-refractivity contribution in [2.24, 2.45) is 17.6 Å². The van der Waals surface area contributed by atoms with Crippen LogP contribution < -0.4 is 11.1 Å². The van der Waals surface area contributed by atoms with Gasteiger partial charge in [0.25, 0.3) is 5.91 Å². The standard InChI is InChI=1S/C19H29N3O2/c1-13-9-14(2)12-22(11-13)19(24)16-7-6-15(3)17(10-16)21-18(23)5-4-8-20/h6-7,10,13-14H,4-5,8-9,11-12,20H2,1-3H3,(H,21,23). The third-order valence-electron chi connectivity index (χ3n) is 4.52. The largest absolute Gasteiger partial charge is 0.338 e. The van der Waals surface area contributed by atoms with E-state index in [0.717, 1.165) is 18.7 Å². The van der Waals surface area contributed by atoms with Crippen molar-refractivity contribution in [3.8, 4) is 0 Å². The number of anilines is 1. The molecule has 1 saturated heterocycles. The number of likely N-dealkylation sites (tertiary alicyclic amines) is 1. The molecule has 0 aliphatic carbocycles. The van der Waals surface area contributed by atoms with E-state index in [1.807, 2.05) is 24.0 Å². The molecule has 2 unspecified atom stereocenters. The molecular formula is C19H29N3O2. The second-order valence-electron chi connectivity index (χ2n) is 7.13. The molecule has 1 aliphatic rings. The number of carbonyl (C=O) groups is 2. The smallest absolute Gasteiger partial charge is 0.253 e. The minimum absolute atomic E-state index is 0.0471. The predicted molar refractivity (Wildman–Crippen MR) is 96.9 cm³/mol. The van der Waals surface area contributed by atoms with Gasteiger partial charge in [0, 0.05) is 30.8 Å². The number of rotatable bonds is 5. The van der Waals surface area contributed by atoms with Gasteiger partial charge in [-0.2, -0.15) is 0 Å². The highest BCUT2D eigenvalue weighted by Gasteiger charge is 2.26. The molecule has 0 saturated carbocycles. The summed E-state index contributed by atoms with van der Waals surface area (Å²) in [5.41, 5.74) is 7.74. The van der Waals surface area contributed by atoms with Gasteiger partial charge in [-0.3, -0.25) is 9.59 Å². The highest BCUT2D eigenvalue weighted by Crippen LogP contribution is 2.24. The van der Waals surface area contributed by atoms with Crippen molar-refractivity contribution in [3.05, 3.63) is 29.3 Å². The van der Waals surface area contributed by atoms with Gasteiger partial charge >= 0.3 is 0 Å². The van der Waals surface area contributed by atoms with Crippen molar-refractivity contribution in [2.75, 3.05) is 25.0 Å². The lowest BCUT2D eigenvalue weighted by Gasteiger charge is -2.35. The van der Waals surface area contributed by atoms with Gasteiger partial charge in [-0.05, 0) is 55.8 Å². The van der Waals surface area contributed by atoms with E-state index in [2.05, 4.69) is 19.2 Å². The van der Waals surface area contributed by atoms with Crippen LogP contribution in [0.3, 0.4) is 0 Å². The fourth-order valence-corrected chi connectivity index (χ4v) is 3.38. The first kappa shape index (κ1) is 18.5. The van der Waals surface area contributed by atoms with Crippen molar-refractivity contribution in [1.82, 2.24) is 4.90 Å². The first-order valence-corrected chi connectivity index (χ1v) is 8.80. The van der Waals surface area contributed by atoms with E-state index >= 15 is 0 Å². The number of hydrogen-bond donors (Lipinski definition) is 2. The van der Waals surface area contributed by atoms with Gasteiger partial charge in [0.15, 0.2) is 0 Å². The first-order valence-electron chi connectivity index (χ1n) is 8.80. The number of piperidine rings is 1. The van der Waals surface area contributed by atoms with E-state index in [-0.39, 0.29) is 11.8 Å². The maximum Gasteiger partial charge on any atom is 0.253 e. The Morgan fingerprint density at radius 3 is 2.54 bits per heavy atom. The molecule has 2 amide bonds. The van der Waals surface area contributed by atoms with Gasteiger partial charge in [-0.15, -0.1) is 0 Å². The van der Waals surface area contributed by atoms with E-state index in [9.17, 15) is 9.59 Å². The lowest BCUT2D eigenvalue weighted by molar-refractivity contribution is -0.116. The Bertz CT molecular complexity index is 590. The van der Waals surface area contributed by atoms with Crippen molar-refractivity contribution in [3.63, 3.8) is 0 Å². The summed E-state index contributed by atoms with van der Waals surface area (Å²) in [4.78, 5) is 26.7. The molecule has 3 N–H and O–H groups in total. The second-order valence-corrected chi connectivity index (χ2v) is 7.13. The average Bonchev–Trinajstić information content (AvgIpc) is 2.53. The Kier molecular flexibility index (Phi) is 6.37. The number of nitrogens with zero attached hydrogens (tertiary/aromatic N) is 1. The van der Waals surface area contributed by atoms with Gasteiger partial charge < -0.3 is 16.0 Å². The zero-order valence-electron chi connectivity index (χ0n) is 15.0. The molecule has 5 nitrogen and oxygen atoms in total. The average molecular weight is 331 g/mol. The SMILES string of the molecule is Cc1ccc(C(=O)N2CC(C)CC(C)C2)cc1NC(=O)CCCN. The Hall–Kier alpha value is -1.88. The molecule has 0 bridgehead atoms. The Morgan fingerprint density at radius 2 is 1.92 bits per heavy atom. The molecule has 2 rings (SSSR count). The molecule has 1 heterocycles. The molecular weight excluding hydrogens is 302 g/mol. The third-order valence-corrected chi connectivity index (χ3v) is 4.52. The van der Waals surface area contributed by atoms with Gasteiger partial charge in [-0.25, -0.2) is 0 Å². The molecule has 0 aromatic heterocycles. The van der Waals surface area contributed by atoms with Gasteiger partial charge in [0.1, 0.15) is 0 Å². The highest BCUT2D eigenvalue weighted by molar-refractivity contribution is 5.97. The van der Waals surface area contributed by atoms with Crippen LogP contribution in [0.15, 0.2) is 18.2 Å². The van der Waals surface area contributed by atoms with Crippen molar-refractivity contribution in [2.45, 2.75) is 40.0 Å². The van der Waals surface area contributed by atoms with E-state index in [4.69, 9.17) is 5.73 Å². The van der Waals surface area contributed by atoms with Crippen LogP contribution in [-0.2, 0) is 4.79 Å². The monoisotopic (exact) mass is 331 g/mol. The Labute approximate surface area is 144 Å². The molecule has 0 spiro atoms. The molecule has 0 radical (unpaired) electrons. The number of hydrogen-bond acceptors (Lipinski definition) is 3. The maximum absolute atomic E-state index is 12.8. The first-order chi connectivity index (χ1) is 11.4. The van der Waals surface area contributed by atoms with Crippen LogP contribution >= 0.6 is 0 Å². The topological polar surface area (TPSA) is 75.4 Å². The fraction of sp³-hybridized carbons (Fsp3) is 0.579. The lowest BCUT2D eigenvalue weighted by atomic mass is 9.91. The normalized spacial score (nSPS) is 20.8. The summed E-state index contributed by atoms with van der Waals surface area (Å²) < 4.78 is 0. The van der Waals surface area contributed by atoms with Gasteiger partial charge in [0.05, 0.1) is 0 Å². The summed E-state index contributed by atoms with van der Waals surface area (Å²) in [6.45, 7) is 8.40. The number of nitrogens with two attached hydrogens (primary N) is 1. The highest BCUT2D eigenvalue weighted by atomic mass is 16.2. The summed E-state index contributed by atoms with van der Waals surface area (Å²) in [5.74, 6) is 1.04. The van der Waals surface area contributed by atoms with Crippen LogP contribution in [0.4, 0.5) is 5.69 Å². The molecule has 1 aliphatic heterocycles. The third kappa shape index (κ3) is 4.81. The number of amides is 2. The zero-order valence-corrected chi connectivity index (χ0v) is 15.0. The van der Waals surface area contributed by atoms with Gasteiger partial charge in [0.2, 0.25) is 5.91 Å². The van der Waals surface area contributed by atoms with E-state index < -0.39 is 0 Å². The molecule has 1 aromatic rings. The summed E-state index contributed by atoms with van der Waals surface area (Å²) >= 11 is 0. The molecule has 24 heavy (non-hydrogen) atoms. The van der Waals surface area contributed by atoms with Crippen LogP contribution in [0.2, 0.25) is 0 Å². The summed E-state index contributed by atoms with van der Waals surface area (Å²) in [6.07, 6.45) is 2.22. The van der Waals surface area contributed by atoms with Crippen LogP contribution in [0.5, 0.6) is 0 Å². The molecule has 2 atom stereocenters. The van der Waals surface area contributed by atoms with Crippen LogP contribution in [0.1, 0.15) is 49.0 Å². The number of benzene rings is 1. The van der Waals surface area contributed by atoms with Crippen LogP contribution in [0, 0.1) is 18.8 Å². The maximum atomic E-state index is 12.8. The molecule has 1 fully saturated rings.